The number of piperidine rings is 1. The molecule has 2 N–H and O–H groups in total. The summed E-state index contributed by atoms with van der Waals surface area (Å²) in [4.78, 5) is 2.38. The first-order chi connectivity index (χ1) is 10.6. The summed E-state index contributed by atoms with van der Waals surface area (Å²) in [6.07, 6.45) is 4.51. The maximum absolute atomic E-state index is 9.43. The second kappa shape index (κ2) is 9.09. The van der Waals surface area contributed by atoms with Crippen LogP contribution in [0.1, 0.15) is 32.3 Å². The van der Waals surface area contributed by atoms with Gasteiger partial charge in [-0.2, -0.15) is 0 Å². The third-order valence-electron chi connectivity index (χ3n) is 4.28. The summed E-state index contributed by atoms with van der Waals surface area (Å²) in [5.41, 5.74) is 2.64. The molecule has 1 unspecified atom stereocenters. The van der Waals surface area contributed by atoms with E-state index in [-0.39, 0.29) is 6.10 Å². The Bertz CT molecular complexity index is 448. The highest BCUT2D eigenvalue weighted by atomic mass is 16.3. The van der Waals surface area contributed by atoms with Gasteiger partial charge in [0, 0.05) is 13.1 Å². The van der Waals surface area contributed by atoms with Crippen LogP contribution in [-0.2, 0) is 0 Å². The summed E-state index contributed by atoms with van der Waals surface area (Å²) in [5, 5.41) is 13.0. The molecule has 22 heavy (non-hydrogen) atoms. The summed E-state index contributed by atoms with van der Waals surface area (Å²) < 4.78 is 0. The quantitative estimate of drug-likeness (QED) is 0.813. The Kier molecular flexibility index (Phi) is 7.10. The highest BCUT2D eigenvalue weighted by Crippen LogP contribution is 2.16. The number of β-amino-alcohol motifs (C(OH)–C–C–N with tert-alkyl or cyclic N) is 1. The van der Waals surface area contributed by atoms with Gasteiger partial charge in [0.1, 0.15) is 0 Å². The number of aliphatic hydroxyl groups excluding tert-OH is 1. The smallest absolute Gasteiger partial charge is 0.0639 e. The monoisotopic (exact) mass is 302 g/mol. The van der Waals surface area contributed by atoms with Crippen molar-refractivity contribution in [1.82, 2.24) is 10.2 Å². The van der Waals surface area contributed by atoms with Gasteiger partial charge in [-0.25, -0.2) is 0 Å². The van der Waals surface area contributed by atoms with E-state index >= 15 is 0 Å². The van der Waals surface area contributed by atoms with E-state index in [1.54, 1.807) is 0 Å². The zero-order valence-electron chi connectivity index (χ0n) is 14.0. The molecule has 3 heteroatoms. The lowest BCUT2D eigenvalue weighted by atomic mass is 9.96. The van der Waals surface area contributed by atoms with Crippen molar-refractivity contribution in [2.75, 3.05) is 32.7 Å². The average molecular weight is 302 g/mol. The second-order valence-corrected chi connectivity index (χ2v) is 6.63. The van der Waals surface area contributed by atoms with E-state index in [1.807, 2.05) is 6.92 Å². The predicted molar refractivity (Wildman–Crippen MR) is 93.8 cm³/mol. The number of benzene rings is 1. The first-order valence-corrected chi connectivity index (χ1v) is 8.47. The molecule has 1 heterocycles. The van der Waals surface area contributed by atoms with E-state index < -0.39 is 0 Å². The lowest BCUT2D eigenvalue weighted by molar-refractivity contribution is 0.1000. The minimum Gasteiger partial charge on any atom is -0.392 e. The molecule has 1 aliphatic heterocycles. The Morgan fingerprint density at radius 1 is 1.32 bits per heavy atom. The summed E-state index contributed by atoms with van der Waals surface area (Å²) >= 11 is 0. The highest BCUT2D eigenvalue weighted by Gasteiger charge is 2.19. The molecule has 1 atom stereocenters. The summed E-state index contributed by atoms with van der Waals surface area (Å²) in [6, 6.07) is 10.5. The van der Waals surface area contributed by atoms with Crippen molar-refractivity contribution in [3.63, 3.8) is 0 Å². The molecule has 0 aromatic heterocycles. The van der Waals surface area contributed by atoms with Gasteiger partial charge in [0.25, 0.3) is 0 Å². The van der Waals surface area contributed by atoms with Crippen LogP contribution in [0.2, 0.25) is 0 Å². The molecule has 122 valence electrons. The Hall–Kier alpha value is -1.16. The van der Waals surface area contributed by atoms with Crippen LogP contribution >= 0.6 is 0 Å². The number of hydrogen-bond donors (Lipinski definition) is 2. The van der Waals surface area contributed by atoms with Gasteiger partial charge in [0.05, 0.1) is 6.10 Å². The first-order valence-electron chi connectivity index (χ1n) is 8.47. The minimum absolute atomic E-state index is 0.208. The van der Waals surface area contributed by atoms with Gasteiger partial charge in [-0.05, 0) is 57.8 Å². The van der Waals surface area contributed by atoms with Gasteiger partial charge in [0.2, 0.25) is 0 Å². The van der Waals surface area contributed by atoms with Gasteiger partial charge < -0.3 is 15.3 Å². The molecule has 0 spiro atoms. The molecular formula is C19H30N2O. The van der Waals surface area contributed by atoms with Crippen LogP contribution in [0.4, 0.5) is 0 Å². The van der Waals surface area contributed by atoms with Crippen LogP contribution in [-0.4, -0.2) is 48.8 Å². The zero-order valence-corrected chi connectivity index (χ0v) is 14.0. The van der Waals surface area contributed by atoms with E-state index in [0.717, 1.165) is 38.6 Å². The Labute approximate surface area is 135 Å². The predicted octanol–water partition coefficient (Wildman–Crippen LogP) is 2.77. The normalized spacial score (nSPS) is 19.3. The van der Waals surface area contributed by atoms with Crippen LogP contribution in [0, 0.1) is 5.92 Å². The third-order valence-corrected chi connectivity index (χ3v) is 4.28. The fourth-order valence-corrected chi connectivity index (χ4v) is 3.11. The van der Waals surface area contributed by atoms with Gasteiger partial charge >= 0.3 is 0 Å². The third kappa shape index (κ3) is 6.30. The zero-order chi connectivity index (χ0) is 15.8. The van der Waals surface area contributed by atoms with E-state index in [1.165, 1.54) is 24.0 Å². The fraction of sp³-hybridized carbons (Fsp3) is 0.579. The number of rotatable bonds is 7. The Balaban J connectivity index is 1.64. The van der Waals surface area contributed by atoms with Crippen molar-refractivity contribution in [3.8, 4) is 0 Å². The van der Waals surface area contributed by atoms with Crippen molar-refractivity contribution in [3.05, 3.63) is 41.5 Å². The maximum Gasteiger partial charge on any atom is 0.0639 e. The molecular weight excluding hydrogens is 272 g/mol. The number of likely N-dealkylation sites (tertiary alicyclic amines) is 1. The standard InChI is InChI=1S/C19H30N2O/c1-16(12-18-6-4-3-5-7-18)13-20-14-19-8-10-21(11-9-19)15-17(2)22/h3-7,12,17,19-20,22H,8-11,13-15H2,1-2H3. The molecule has 1 fully saturated rings. The Morgan fingerprint density at radius 3 is 2.64 bits per heavy atom. The SMILES string of the molecule is CC(=Cc1ccccc1)CNCC1CCN(CC(C)O)CC1. The maximum atomic E-state index is 9.43. The lowest BCUT2D eigenvalue weighted by Crippen LogP contribution is -2.40. The molecule has 2 rings (SSSR count). The van der Waals surface area contributed by atoms with E-state index in [2.05, 4.69) is 53.5 Å². The second-order valence-electron chi connectivity index (χ2n) is 6.63. The van der Waals surface area contributed by atoms with Crippen LogP contribution in [0.15, 0.2) is 35.9 Å². The number of hydrogen-bond acceptors (Lipinski definition) is 3. The molecule has 0 aliphatic carbocycles. The summed E-state index contributed by atoms with van der Waals surface area (Å²) in [5.74, 6) is 0.773. The first kappa shape index (κ1) is 17.2. The molecule has 0 radical (unpaired) electrons. The van der Waals surface area contributed by atoms with Crippen molar-refractivity contribution in [2.24, 2.45) is 5.92 Å². The number of aliphatic hydroxyl groups is 1. The van der Waals surface area contributed by atoms with Crippen LogP contribution in [0.3, 0.4) is 0 Å². The van der Waals surface area contributed by atoms with Gasteiger partial charge in [-0.3, -0.25) is 0 Å². The molecule has 0 amide bonds. The van der Waals surface area contributed by atoms with Crippen molar-refractivity contribution >= 4 is 6.08 Å². The highest BCUT2D eigenvalue weighted by molar-refractivity contribution is 5.52. The molecule has 0 bridgehead atoms. The van der Waals surface area contributed by atoms with E-state index in [9.17, 15) is 5.11 Å². The molecule has 0 saturated carbocycles. The lowest BCUT2D eigenvalue weighted by Gasteiger charge is -2.32. The van der Waals surface area contributed by atoms with Crippen molar-refractivity contribution in [2.45, 2.75) is 32.8 Å². The minimum atomic E-state index is -0.208. The molecule has 1 saturated heterocycles. The van der Waals surface area contributed by atoms with Gasteiger partial charge in [0.15, 0.2) is 0 Å². The van der Waals surface area contributed by atoms with Gasteiger partial charge in [-0.1, -0.05) is 42.0 Å². The number of nitrogens with zero attached hydrogens (tertiary/aromatic N) is 1. The van der Waals surface area contributed by atoms with Crippen LogP contribution in [0.25, 0.3) is 6.08 Å². The fourth-order valence-electron chi connectivity index (χ4n) is 3.11. The largest absolute Gasteiger partial charge is 0.392 e. The molecule has 3 nitrogen and oxygen atoms in total. The topological polar surface area (TPSA) is 35.5 Å². The van der Waals surface area contributed by atoms with E-state index in [4.69, 9.17) is 0 Å². The van der Waals surface area contributed by atoms with Gasteiger partial charge in [-0.15, -0.1) is 0 Å². The van der Waals surface area contributed by atoms with Crippen LogP contribution < -0.4 is 5.32 Å². The summed E-state index contributed by atoms with van der Waals surface area (Å²) in [6.45, 7) is 9.18. The average Bonchev–Trinajstić information content (AvgIpc) is 2.49. The van der Waals surface area contributed by atoms with Crippen molar-refractivity contribution < 1.29 is 5.11 Å². The van der Waals surface area contributed by atoms with Crippen molar-refractivity contribution in [1.29, 1.82) is 0 Å². The molecule has 1 aromatic carbocycles. The molecule has 1 aromatic rings. The summed E-state index contributed by atoms with van der Waals surface area (Å²) in [7, 11) is 0. The van der Waals surface area contributed by atoms with E-state index in [0.29, 0.717) is 0 Å². The Morgan fingerprint density at radius 2 is 2.00 bits per heavy atom. The number of nitrogens with one attached hydrogen (secondary N) is 1. The molecule has 1 aliphatic rings. The van der Waals surface area contributed by atoms with Crippen LogP contribution in [0.5, 0.6) is 0 Å².